The van der Waals surface area contributed by atoms with E-state index < -0.39 is 28.6 Å². The van der Waals surface area contributed by atoms with Crippen molar-refractivity contribution in [2.75, 3.05) is 4.90 Å². The molecule has 1 aromatic carbocycles. The van der Waals surface area contributed by atoms with Gasteiger partial charge in [0.15, 0.2) is 0 Å². The van der Waals surface area contributed by atoms with E-state index in [2.05, 4.69) is 0 Å². The van der Waals surface area contributed by atoms with E-state index in [1.165, 1.54) is 0 Å². The molecule has 4 atom stereocenters. The Bertz CT molecular complexity index is 689. The van der Waals surface area contributed by atoms with Crippen molar-refractivity contribution in [2.45, 2.75) is 25.0 Å². The summed E-state index contributed by atoms with van der Waals surface area (Å²) in [5.74, 6) is -2.30. The number of carbonyl (C=O) groups excluding carboxylic acids is 2. The number of nitro benzene ring substituents is 1. The summed E-state index contributed by atoms with van der Waals surface area (Å²) in [7, 11) is 0. The average Bonchev–Trinajstić information content (AvgIpc) is 3.14. The number of hydrogen-bond acceptors (Lipinski definition) is 6. The van der Waals surface area contributed by atoms with Gasteiger partial charge >= 0.3 is 0 Å². The first-order valence-electron chi connectivity index (χ1n) is 6.99. The summed E-state index contributed by atoms with van der Waals surface area (Å²) in [4.78, 5) is 36.2. The van der Waals surface area contributed by atoms with Crippen molar-refractivity contribution in [1.29, 1.82) is 0 Å². The third-order valence-corrected chi connectivity index (χ3v) is 4.70. The van der Waals surface area contributed by atoms with Crippen molar-refractivity contribution in [3.05, 3.63) is 28.3 Å². The predicted molar refractivity (Wildman–Crippen MR) is 72.1 cm³/mol. The van der Waals surface area contributed by atoms with Crippen molar-refractivity contribution in [1.82, 2.24) is 0 Å². The number of phenolic OH excluding ortho intramolecular Hbond substituents is 1. The molecule has 3 fully saturated rings. The van der Waals surface area contributed by atoms with Crippen LogP contribution in [0.1, 0.15) is 12.8 Å². The number of imide groups is 1. The van der Waals surface area contributed by atoms with E-state index in [-0.39, 0.29) is 29.3 Å². The minimum atomic E-state index is -0.637. The van der Waals surface area contributed by atoms with Crippen molar-refractivity contribution < 1.29 is 24.4 Å². The molecule has 22 heavy (non-hydrogen) atoms. The van der Waals surface area contributed by atoms with Gasteiger partial charge in [-0.3, -0.25) is 19.7 Å². The number of rotatable bonds is 2. The Morgan fingerprint density at radius 1 is 1.18 bits per heavy atom. The molecule has 0 saturated carbocycles. The first kappa shape index (κ1) is 13.2. The molecule has 4 rings (SSSR count). The van der Waals surface area contributed by atoms with E-state index in [9.17, 15) is 24.8 Å². The lowest BCUT2D eigenvalue weighted by Crippen LogP contribution is -2.34. The quantitative estimate of drug-likeness (QED) is 0.495. The molecule has 2 bridgehead atoms. The smallest absolute Gasteiger partial charge is 0.271 e. The molecule has 8 heteroatoms. The Kier molecular flexibility index (Phi) is 2.56. The minimum absolute atomic E-state index is 0.127. The molecule has 8 nitrogen and oxygen atoms in total. The summed E-state index contributed by atoms with van der Waals surface area (Å²) in [6, 6.07) is 3.29. The molecule has 0 aromatic heterocycles. The maximum atomic E-state index is 12.6. The van der Waals surface area contributed by atoms with E-state index in [1.807, 2.05) is 0 Å². The van der Waals surface area contributed by atoms with Gasteiger partial charge in [0.05, 0.1) is 29.0 Å². The zero-order valence-corrected chi connectivity index (χ0v) is 11.3. The van der Waals surface area contributed by atoms with Crippen molar-refractivity contribution in [3.8, 4) is 5.75 Å². The number of nitrogens with zero attached hydrogens (tertiary/aromatic N) is 2. The third-order valence-electron chi connectivity index (χ3n) is 4.70. The van der Waals surface area contributed by atoms with Gasteiger partial charge in [0.1, 0.15) is 11.4 Å². The summed E-state index contributed by atoms with van der Waals surface area (Å²) >= 11 is 0. The van der Waals surface area contributed by atoms with Crippen molar-refractivity contribution in [2.24, 2.45) is 11.8 Å². The van der Waals surface area contributed by atoms with Crippen LogP contribution in [-0.4, -0.2) is 34.1 Å². The number of non-ortho nitro benzene ring substituents is 1. The molecule has 3 heterocycles. The normalized spacial score (nSPS) is 32.6. The molecule has 2 amide bonds. The number of phenols is 1. The van der Waals surface area contributed by atoms with Gasteiger partial charge in [0, 0.05) is 12.1 Å². The standard InChI is InChI=1S/C14H12N2O6/c17-8-2-1-6(16(20)21)5-7(8)15-13(18)11-9-3-4-10(22-9)12(11)14(15)19/h1-2,5,9-12,17H,3-4H2. The predicted octanol–water partition coefficient (Wildman–Crippen LogP) is 0.967. The first-order chi connectivity index (χ1) is 10.5. The van der Waals surface area contributed by atoms with Gasteiger partial charge in [-0.25, -0.2) is 4.90 Å². The van der Waals surface area contributed by atoms with Crippen molar-refractivity contribution >= 4 is 23.2 Å². The average molecular weight is 304 g/mol. The molecule has 0 aliphatic carbocycles. The van der Waals surface area contributed by atoms with Gasteiger partial charge in [-0.2, -0.15) is 0 Å². The summed E-state index contributed by atoms with van der Waals surface area (Å²) in [5, 5.41) is 20.8. The largest absolute Gasteiger partial charge is 0.506 e. The van der Waals surface area contributed by atoms with Gasteiger partial charge in [-0.1, -0.05) is 0 Å². The number of anilines is 1. The molecule has 3 saturated heterocycles. The maximum Gasteiger partial charge on any atom is 0.271 e. The summed E-state index contributed by atoms with van der Waals surface area (Å²) < 4.78 is 5.62. The van der Waals surface area contributed by atoms with Gasteiger partial charge in [0.25, 0.3) is 5.69 Å². The van der Waals surface area contributed by atoms with E-state index in [4.69, 9.17) is 4.74 Å². The summed E-state index contributed by atoms with van der Waals surface area (Å²) in [5.41, 5.74) is -0.414. The fourth-order valence-corrected chi connectivity index (χ4v) is 3.75. The van der Waals surface area contributed by atoms with E-state index in [0.717, 1.165) is 35.9 Å². The van der Waals surface area contributed by atoms with E-state index >= 15 is 0 Å². The summed E-state index contributed by atoms with van der Waals surface area (Å²) in [6.07, 6.45) is 0.939. The number of amides is 2. The molecule has 1 N–H and O–H groups in total. The Labute approximate surface area is 124 Å². The van der Waals surface area contributed by atoms with Gasteiger partial charge < -0.3 is 9.84 Å². The second kappa shape index (κ2) is 4.26. The van der Waals surface area contributed by atoms with Crippen LogP contribution in [0.3, 0.4) is 0 Å². The Morgan fingerprint density at radius 3 is 2.32 bits per heavy atom. The molecule has 3 aliphatic rings. The maximum absolute atomic E-state index is 12.6. The first-order valence-corrected chi connectivity index (χ1v) is 6.99. The lowest BCUT2D eigenvalue weighted by molar-refractivity contribution is -0.384. The Balaban J connectivity index is 1.78. The number of aromatic hydroxyl groups is 1. The van der Waals surface area contributed by atoms with Crippen LogP contribution < -0.4 is 4.90 Å². The van der Waals surface area contributed by atoms with Gasteiger partial charge in [-0.15, -0.1) is 0 Å². The third kappa shape index (κ3) is 1.55. The number of carbonyl (C=O) groups is 2. The number of fused-ring (bicyclic) bond motifs is 5. The van der Waals surface area contributed by atoms with Crippen LogP contribution in [0.4, 0.5) is 11.4 Å². The molecule has 114 valence electrons. The number of ether oxygens (including phenoxy) is 1. The van der Waals surface area contributed by atoms with Gasteiger partial charge in [-0.05, 0) is 18.9 Å². The van der Waals surface area contributed by atoms with Crippen LogP contribution in [0.15, 0.2) is 18.2 Å². The lowest BCUT2D eigenvalue weighted by Gasteiger charge is -2.18. The number of nitro groups is 1. The van der Waals surface area contributed by atoms with E-state index in [1.54, 1.807) is 0 Å². The fraction of sp³-hybridized carbons (Fsp3) is 0.429. The summed E-state index contributed by atoms with van der Waals surface area (Å²) in [6.45, 7) is 0. The van der Waals surface area contributed by atoms with Crippen LogP contribution in [0.25, 0.3) is 0 Å². The molecule has 3 aliphatic heterocycles. The molecular formula is C14H12N2O6. The molecule has 0 radical (unpaired) electrons. The Morgan fingerprint density at radius 2 is 1.77 bits per heavy atom. The zero-order valence-electron chi connectivity index (χ0n) is 11.3. The molecule has 0 spiro atoms. The fourth-order valence-electron chi connectivity index (χ4n) is 3.75. The second-order valence-corrected chi connectivity index (χ2v) is 5.78. The number of hydrogen-bond donors (Lipinski definition) is 1. The Hall–Kier alpha value is -2.48. The van der Waals surface area contributed by atoms with E-state index in [0.29, 0.717) is 0 Å². The van der Waals surface area contributed by atoms with Crippen LogP contribution in [-0.2, 0) is 14.3 Å². The molecular weight excluding hydrogens is 292 g/mol. The van der Waals surface area contributed by atoms with Crippen LogP contribution in [0, 0.1) is 22.0 Å². The van der Waals surface area contributed by atoms with Gasteiger partial charge in [0.2, 0.25) is 11.8 Å². The highest BCUT2D eigenvalue weighted by Gasteiger charge is 2.62. The monoisotopic (exact) mass is 304 g/mol. The molecule has 1 aromatic rings. The van der Waals surface area contributed by atoms with Crippen molar-refractivity contribution in [3.63, 3.8) is 0 Å². The topological polar surface area (TPSA) is 110 Å². The number of benzene rings is 1. The lowest BCUT2D eigenvalue weighted by atomic mass is 9.81. The molecule has 4 unspecified atom stereocenters. The minimum Gasteiger partial charge on any atom is -0.506 e. The van der Waals surface area contributed by atoms with Crippen LogP contribution >= 0.6 is 0 Å². The highest BCUT2D eigenvalue weighted by Crippen LogP contribution is 2.50. The zero-order chi connectivity index (χ0) is 15.6. The SMILES string of the molecule is O=C1C2C3CCC(O3)C2C(=O)N1c1cc([N+](=O)[O-])ccc1O. The highest BCUT2D eigenvalue weighted by molar-refractivity contribution is 6.23. The van der Waals surface area contributed by atoms with Crippen LogP contribution in [0.2, 0.25) is 0 Å². The second-order valence-electron chi connectivity index (χ2n) is 5.78. The van der Waals surface area contributed by atoms with Crippen LogP contribution in [0.5, 0.6) is 5.75 Å². The highest BCUT2D eigenvalue weighted by atomic mass is 16.6.